The number of H-pyrrole nitrogens is 1. The number of nitrogens with two attached hydrogens (primary N) is 1. The Morgan fingerprint density at radius 2 is 2.20 bits per heavy atom. The Labute approximate surface area is 88.1 Å². The SMILES string of the molecule is CC(CN)(CO)c1[nH]nc2ccccc12. The Bertz CT molecular complexity index is 460. The third-order valence-electron chi connectivity index (χ3n) is 2.86. The lowest BCUT2D eigenvalue weighted by Gasteiger charge is -2.23. The van der Waals surface area contributed by atoms with E-state index in [1.54, 1.807) is 0 Å². The van der Waals surface area contributed by atoms with E-state index in [0.29, 0.717) is 6.54 Å². The zero-order chi connectivity index (χ0) is 10.9. The van der Waals surface area contributed by atoms with E-state index in [1.165, 1.54) is 0 Å². The van der Waals surface area contributed by atoms with Crippen molar-refractivity contribution in [2.75, 3.05) is 13.2 Å². The van der Waals surface area contributed by atoms with Crippen molar-refractivity contribution in [3.63, 3.8) is 0 Å². The summed E-state index contributed by atoms with van der Waals surface area (Å²) in [5.41, 5.74) is 7.05. The van der Waals surface area contributed by atoms with E-state index in [2.05, 4.69) is 10.2 Å². The lowest BCUT2D eigenvalue weighted by Crippen LogP contribution is -2.36. The van der Waals surface area contributed by atoms with E-state index in [1.807, 2.05) is 31.2 Å². The molecular weight excluding hydrogens is 190 g/mol. The maximum Gasteiger partial charge on any atom is 0.0923 e. The lowest BCUT2D eigenvalue weighted by molar-refractivity contribution is 0.208. The number of hydrogen-bond acceptors (Lipinski definition) is 3. The summed E-state index contributed by atoms with van der Waals surface area (Å²) >= 11 is 0. The first-order valence-electron chi connectivity index (χ1n) is 4.96. The van der Waals surface area contributed by atoms with Crippen LogP contribution >= 0.6 is 0 Å². The molecule has 0 saturated heterocycles. The summed E-state index contributed by atoms with van der Waals surface area (Å²) in [7, 11) is 0. The molecule has 0 aliphatic carbocycles. The third kappa shape index (κ3) is 1.52. The first-order valence-corrected chi connectivity index (χ1v) is 4.96. The van der Waals surface area contributed by atoms with Crippen molar-refractivity contribution in [3.05, 3.63) is 30.0 Å². The van der Waals surface area contributed by atoms with Crippen LogP contribution < -0.4 is 5.73 Å². The minimum Gasteiger partial charge on any atom is -0.395 e. The van der Waals surface area contributed by atoms with Crippen LogP contribution in [0.15, 0.2) is 24.3 Å². The molecule has 15 heavy (non-hydrogen) atoms. The number of fused-ring (bicyclic) bond motifs is 1. The van der Waals surface area contributed by atoms with Crippen molar-refractivity contribution < 1.29 is 5.11 Å². The average Bonchev–Trinajstić information content (AvgIpc) is 2.72. The van der Waals surface area contributed by atoms with E-state index < -0.39 is 5.41 Å². The van der Waals surface area contributed by atoms with Crippen LogP contribution in [0.3, 0.4) is 0 Å². The van der Waals surface area contributed by atoms with Gasteiger partial charge in [0, 0.05) is 17.3 Å². The van der Waals surface area contributed by atoms with Crippen LogP contribution in [0.1, 0.15) is 12.6 Å². The van der Waals surface area contributed by atoms with Crippen LogP contribution in [-0.2, 0) is 5.41 Å². The van der Waals surface area contributed by atoms with E-state index in [0.717, 1.165) is 16.6 Å². The number of aliphatic hydroxyl groups is 1. The van der Waals surface area contributed by atoms with Gasteiger partial charge in [0.25, 0.3) is 0 Å². The molecule has 80 valence electrons. The summed E-state index contributed by atoms with van der Waals surface area (Å²) in [5.74, 6) is 0. The molecule has 1 heterocycles. The van der Waals surface area contributed by atoms with Crippen LogP contribution in [0, 0.1) is 0 Å². The summed E-state index contributed by atoms with van der Waals surface area (Å²) in [6.45, 7) is 2.32. The molecule has 0 amide bonds. The van der Waals surface area contributed by atoms with Gasteiger partial charge in [-0.2, -0.15) is 5.10 Å². The fourth-order valence-corrected chi connectivity index (χ4v) is 1.66. The van der Waals surface area contributed by atoms with Crippen molar-refractivity contribution in [2.24, 2.45) is 5.73 Å². The molecule has 0 spiro atoms. The second-order valence-corrected chi connectivity index (χ2v) is 4.04. The van der Waals surface area contributed by atoms with Crippen LogP contribution in [0.4, 0.5) is 0 Å². The van der Waals surface area contributed by atoms with Crippen LogP contribution in [0.5, 0.6) is 0 Å². The Morgan fingerprint density at radius 1 is 1.47 bits per heavy atom. The molecule has 4 heteroatoms. The molecule has 0 saturated carbocycles. The number of aromatic amines is 1. The zero-order valence-electron chi connectivity index (χ0n) is 8.70. The smallest absolute Gasteiger partial charge is 0.0923 e. The highest BCUT2D eigenvalue weighted by Gasteiger charge is 2.28. The van der Waals surface area contributed by atoms with Crippen LogP contribution in [0.25, 0.3) is 10.9 Å². The molecule has 1 aromatic heterocycles. The minimum atomic E-state index is -0.448. The van der Waals surface area contributed by atoms with Gasteiger partial charge >= 0.3 is 0 Å². The molecule has 0 radical (unpaired) electrons. The Hall–Kier alpha value is -1.39. The van der Waals surface area contributed by atoms with Gasteiger partial charge in [0.1, 0.15) is 0 Å². The summed E-state index contributed by atoms with van der Waals surface area (Å²) in [4.78, 5) is 0. The van der Waals surface area contributed by atoms with Gasteiger partial charge in [-0.25, -0.2) is 0 Å². The molecule has 2 aromatic rings. The molecule has 4 nitrogen and oxygen atoms in total. The third-order valence-corrected chi connectivity index (χ3v) is 2.86. The number of hydrogen-bond donors (Lipinski definition) is 3. The number of benzene rings is 1. The van der Waals surface area contributed by atoms with Gasteiger partial charge in [0.2, 0.25) is 0 Å². The van der Waals surface area contributed by atoms with Gasteiger partial charge in [-0.3, -0.25) is 5.10 Å². The molecule has 0 aliphatic heterocycles. The molecule has 0 aliphatic rings. The van der Waals surface area contributed by atoms with Crippen molar-refractivity contribution >= 4 is 10.9 Å². The van der Waals surface area contributed by atoms with Gasteiger partial charge < -0.3 is 10.8 Å². The molecule has 1 unspecified atom stereocenters. The van der Waals surface area contributed by atoms with Crippen molar-refractivity contribution in [2.45, 2.75) is 12.3 Å². The van der Waals surface area contributed by atoms with Gasteiger partial charge in [0.15, 0.2) is 0 Å². The Kier molecular flexibility index (Phi) is 2.46. The van der Waals surface area contributed by atoms with Gasteiger partial charge in [-0.05, 0) is 6.07 Å². The number of para-hydroxylation sites is 1. The first kappa shape index (κ1) is 10.1. The Morgan fingerprint density at radius 3 is 2.87 bits per heavy atom. The average molecular weight is 205 g/mol. The predicted octanol–water partition coefficient (Wildman–Crippen LogP) is 0.772. The largest absolute Gasteiger partial charge is 0.395 e. The highest BCUT2D eigenvalue weighted by Crippen LogP contribution is 2.27. The molecule has 0 bridgehead atoms. The van der Waals surface area contributed by atoms with Gasteiger partial charge in [-0.1, -0.05) is 25.1 Å². The molecule has 1 atom stereocenters. The zero-order valence-corrected chi connectivity index (χ0v) is 8.70. The van der Waals surface area contributed by atoms with Crippen LogP contribution in [0.2, 0.25) is 0 Å². The topological polar surface area (TPSA) is 74.9 Å². The number of aliphatic hydroxyl groups excluding tert-OH is 1. The van der Waals surface area contributed by atoms with Crippen LogP contribution in [-0.4, -0.2) is 28.5 Å². The maximum atomic E-state index is 9.39. The normalized spacial score (nSPS) is 15.4. The first-order chi connectivity index (χ1) is 7.21. The van der Waals surface area contributed by atoms with E-state index >= 15 is 0 Å². The molecule has 2 rings (SSSR count). The highest BCUT2D eigenvalue weighted by atomic mass is 16.3. The minimum absolute atomic E-state index is 0.00961. The molecule has 4 N–H and O–H groups in total. The summed E-state index contributed by atoms with van der Waals surface area (Å²) in [5, 5.41) is 17.6. The van der Waals surface area contributed by atoms with E-state index in [-0.39, 0.29) is 6.61 Å². The quantitative estimate of drug-likeness (QED) is 0.693. The number of nitrogens with zero attached hydrogens (tertiary/aromatic N) is 1. The highest BCUT2D eigenvalue weighted by molar-refractivity contribution is 5.82. The molecule has 1 aromatic carbocycles. The second-order valence-electron chi connectivity index (χ2n) is 4.04. The number of aromatic nitrogens is 2. The van der Waals surface area contributed by atoms with Gasteiger partial charge in [0.05, 0.1) is 17.8 Å². The summed E-state index contributed by atoms with van der Waals surface area (Å²) in [6, 6.07) is 7.81. The van der Waals surface area contributed by atoms with E-state index in [9.17, 15) is 5.11 Å². The van der Waals surface area contributed by atoms with Crippen molar-refractivity contribution in [1.29, 1.82) is 0 Å². The van der Waals surface area contributed by atoms with Crippen molar-refractivity contribution in [3.8, 4) is 0 Å². The van der Waals surface area contributed by atoms with Gasteiger partial charge in [-0.15, -0.1) is 0 Å². The fraction of sp³-hybridized carbons (Fsp3) is 0.364. The standard InChI is InChI=1S/C11H15N3O/c1-11(6-12,7-15)10-8-4-2-3-5-9(8)13-14-10/h2-5,15H,6-7,12H2,1H3,(H,13,14). The maximum absolute atomic E-state index is 9.39. The predicted molar refractivity (Wildman–Crippen MR) is 59.6 cm³/mol. The summed E-state index contributed by atoms with van der Waals surface area (Å²) in [6.07, 6.45) is 0. The lowest BCUT2D eigenvalue weighted by atomic mass is 9.86. The monoisotopic (exact) mass is 205 g/mol. The Balaban J connectivity index is 2.61. The number of rotatable bonds is 3. The number of nitrogens with one attached hydrogen (secondary N) is 1. The van der Waals surface area contributed by atoms with E-state index in [4.69, 9.17) is 5.73 Å². The summed E-state index contributed by atoms with van der Waals surface area (Å²) < 4.78 is 0. The van der Waals surface area contributed by atoms with Crippen molar-refractivity contribution in [1.82, 2.24) is 10.2 Å². The second kappa shape index (κ2) is 3.64. The molecule has 0 fully saturated rings. The molecular formula is C11H15N3O. The fourth-order valence-electron chi connectivity index (χ4n) is 1.66.